The second-order valence-corrected chi connectivity index (χ2v) is 4.70. The lowest BCUT2D eigenvalue weighted by Gasteiger charge is -2.07. The maximum absolute atomic E-state index is 11.7. The zero-order valence-corrected chi connectivity index (χ0v) is 11.5. The molecule has 104 valence electrons. The predicted octanol–water partition coefficient (Wildman–Crippen LogP) is 2.87. The second-order valence-electron chi connectivity index (χ2n) is 4.70. The van der Waals surface area contributed by atoms with E-state index in [1.54, 1.807) is 0 Å². The Morgan fingerprint density at radius 3 is 2.35 bits per heavy atom. The van der Waals surface area contributed by atoms with Gasteiger partial charge in [0.25, 0.3) is 0 Å². The number of carbonyl (C=O) groups excluding carboxylic acids is 1. The smallest absolute Gasteiger partial charge is 0.164 e. The third-order valence-electron chi connectivity index (χ3n) is 3.16. The maximum Gasteiger partial charge on any atom is 0.164 e. The maximum atomic E-state index is 11.7. The molecule has 0 fully saturated rings. The molecule has 0 spiro atoms. The van der Waals surface area contributed by atoms with E-state index in [1.807, 2.05) is 42.5 Å². The minimum absolute atomic E-state index is 0.100. The highest BCUT2D eigenvalue weighted by atomic mass is 16.1. The van der Waals surface area contributed by atoms with Gasteiger partial charge < -0.3 is 11.1 Å². The van der Waals surface area contributed by atoms with Crippen molar-refractivity contribution in [2.45, 2.75) is 12.8 Å². The first-order chi connectivity index (χ1) is 9.79. The summed E-state index contributed by atoms with van der Waals surface area (Å²) < 4.78 is 0. The van der Waals surface area contributed by atoms with Gasteiger partial charge in [-0.15, -0.1) is 0 Å². The Kier molecular flexibility index (Phi) is 5.33. The van der Waals surface area contributed by atoms with E-state index in [0.717, 1.165) is 24.2 Å². The molecule has 0 aliphatic carbocycles. The average Bonchev–Trinajstić information content (AvgIpc) is 2.49. The van der Waals surface area contributed by atoms with Crippen LogP contribution in [0.15, 0.2) is 54.6 Å². The molecule has 0 heterocycles. The summed E-state index contributed by atoms with van der Waals surface area (Å²) >= 11 is 0. The highest BCUT2D eigenvalue weighted by molar-refractivity contribution is 5.96. The van der Waals surface area contributed by atoms with Crippen molar-refractivity contribution in [2.75, 3.05) is 18.4 Å². The highest BCUT2D eigenvalue weighted by Gasteiger charge is 2.03. The lowest BCUT2D eigenvalue weighted by atomic mass is 10.1. The van der Waals surface area contributed by atoms with Gasteiger partial charge in [0.2, 0.25) is 0 Å². The van der Waals surface area contributed by atoms with E-state index in [-0.39, 0.29) is 5.78 Å². The van der Waals surface area contributed by atoms with Crippen LogP contribution in [0.4, 0.5) is 5.69 Å². The van der Waals surface area contributed by atoms with Gasteiger partial charge in [0.1, 0.15) is 0 Å². The van der Waals surface area contributed by atoms with Crippen LogP contribution in [0, 0.1) is 0 Å². The fourth-order valence-electron chi connectivity index (χ4n) is 2.05. The number of rotatable bonds is 7. The predicted molar refractivity (Wildman–Crippen MR) is 83.1 cm³/mol. The minimum Gasteiger partial charge on any atom is -0.385 e. The van der Waals surface area contributed by atoms with Gasteiger partial charge in [0, 0.05) is 24.2 Å². The molecule has 0 amide bonds. The summed E-state index contributed by atoms with van der Waals surface area (Å²) in [6.45, 7) is 1.27. The van der Waals surface area contributed by atoms with Crippen LogP contribution in [0.1, 0.15) is 22.3 Å². The fraction of sp³-hybridized carbons (Fsp3) is 0.235. The van der Waals surface area contributed by atoms with Crippen molar-refractivity contribution >= 4 is 11.5 Å². The number of carbonyl (C=O) groups is 1. The topological polar surface area (TPSA) is 55.1 Å². The molecular formula is C17H20N2O. The number of nitrogens with one attached hydrogen (secondary N) is 1. The molecule has 0 saturated carbocycles. The van der Waals surface area contributed by atoms with Gasteiger partial charge in [0.15, 0.2) is 5.78 Å². The summed E-state index contributed by atoms with van der Waals surface area (Å²) in [6, 6.07) is 17.9. The van der Waals surface area contributed by atoms with Gasteiger partial charge >= 0.3 is 0 Å². The first kappa shape index (κ1) is 14.3. The number of hydrogen-bond acceptors (Lipinski definition) is 3. The number of benzene rings is 2. The number of hydrogen-bond donors (Lipinski definition) is 2. The van der Waals surface area contributed by atoms with Crippen LogP contribution in [-0.2, 0) is 6.42 Å². The van der Waals surface area contributed by atoms with Gasteiger partial charge in [-0.3, -0.25) is 4.79 Å². The van der Waals surface area contributed by atoms with Crippen molar-refractivity contribution in [3.8, 4) is 0 Å². The van der Waals surface area contributed by atoms with Crippen LogP contribution in [0.5, 0.6) is 0 Å². The number of ketones is 1. The number of anilines is 1. The van der Waals surface area contributed by atoms with Gasteiger partial charge in [-0.05, 0) is 42.8 Å². The molecule has 0 aromatic heterocycles. The lowest BCUT2D eigenvalue weighted by Crippen LogP contribution is -2.08. The molecule has 3 nitrogen and oxygen atoms in total. The van der Waals surface area contributed by atoms with Crippen LogP contribution in [-0.4, -0.2) is 18.9 Å². The zero-order valence-electron chi connectivity index (χ0n) is 11.5. The van der Waals surface area contributed by atoms with Crippen molar-refractivity contribution in [1.29, 1.82) is 0 Å². The summed E-state index contributed by atoms with van der Waals surface area (Å²) in [5.74, 6) is 0.100. The monoisotopic (exact) mass is 268 g/mol. The average molecular weight is 268 g/mol. The number of Topliss-reactive ketones (excluding diaryl/α,β-unsaturated/α-hetero) is 1. The third-order valence-corrected chi connectivity index (χ3v) is 3.16. The van der Waals surface area contributed by atoms with E-state index in [1.165, 1.54) is 5.56 Å². The molecule has 3 N–H and O–H groups in total. The van der Waals surface area contributed by atoms with Gasteiger partial charge in [0.05, 0.1) is 0 Å². The molecule has 0 saturated heterocycles. The quantitative estimate of drug-likeness (QED) is 0.759. The van der Waals surface area contributed by atoms with Gasteiger partial charge in [-0.2, -0.15) is 0 Å². The van der Waals surface area contributed by atoms with Gasteiger partial charge in [-0.1, -0.05) is 30.3 Å². The SMILES string of the molecule is NCCC(=O)c1ccc(NCCc2ccccc2)cc1. The molecule has 0 atom stereocenters. The molecule has 2 aromatic rings. The molecule has 3 heteroatoms. The molecule has 0 aliphatic heterocycles. The minimum atomic E-state index is 0.100. The van der Waals surface area contributed by atoms with Crippen molar-refractivity contribution < 1.29 is 4.79 Å². The van der Waals surface area contributed by atoms with Crippen LogP contribution in [0.25, 0.3) is 0 Å². The normalized spacial score (nSPS) is 10.2. The molecule has 20 heavy (non-hydrogen) atoms. The first-order valence-electron chi connectivity index (χ1n) is 6.91. The molecule has 2 rings (SSSR count). The Morgan fingerprint density at radius 1 is 1.00 bits per heavy atom. The molecule has 0 radical (unpaired) electrons. The highest BCUT2D eigenvalue weighted by Crippen LogP contribution is 2.11. The molecule has 0 aliphatic rings. The van der Waals surface area contributed by atoms with Crippen molar-refractivity contribution in [2.24, 2.45) is 5.73 Å². The van der Waals surface area contributed by atoms with E-state index < -0.39 is 0 Å². The zero-order chi connectivity index (χ0) is 14.2. The summed E-state index contributed by atoms with van der Waals surface area (Å²) in [4.78, 5) is 11.7. The Labute approximate surface area is 119 Å². The fourth-order valence-corrected chi connectivity index (χ4v) is 2.05. The Bertz CT molecular complexity index is 535. The second kappa shape index (κ2) is 7.46. The van der Waals surface area contributed by atoms with Crippen LogP contribution in [0.3, 0.4) is 0 Å². The standard InChI is InChI=1S/C17H20N2O/c18-12-10-17(20)15-6-8-16(9-7-15)19-13-11-14-4-2-1-3-5-14/h1-9,19H,10-13,18H2. The summed E-state index contributed by atoms with van der Waals surface area (Å²) in [7, 11) is 0. The number of nitrogens with two attached hydrogens (primary N) is 1. The van der Waals surface area contributed by atoms with Crippen LogP contribution < -0.4 is 11.1 Å². The summed E-state index contributed by atoms with van der Waals surface area (Å²) in [5.41, 5.74) is 8.46. The summed E-state index contributed by atoms with van der Waals surface area (Å²) in [5, 5.41) is 3.36. The van der Waals surface area contributed by atoms with E-state index in [2.05, 4.69) is 17.4 Å². The van der Waals surface area contributed by atoms with E-state index in [9.17, 15) is 4.79 Å². The van der Waals surface area contributed by atoms with E-state index in [0.29, 0.717) is 13.0 Å². The van der Waals surface area contributed by atoms with E-state index >= 15 is 0 Å². The molecule has 0 bridgehead atoms. The first-order valence-corrected chi connectivity index (χ1v) is 6.91. The lowest BCUT2D eigenvalue weighted by molar-refractivity contribution is 0.0985. The van der Waals surface area contributed by atoms with Crippen molar-refractivity contribution in [3.63, 3.8) is 0 Å². The Morgan fingerprint density at radius 2 is 1.70 bits per heavy atom. The van der Waals surface area contributed by atoms with E-state index in [4.69, 9.17) is 5.73 Å². The Hall–Kier alpha value is -2.13. The van der Waals surface area contributed by atoms with Crippen LogP contribution >= 0.6 is 0 Å². The Balaban J connectivity index is 1.83. The van der Waals surface area contributed by atoms with Crippen molar-refractivity contribution in [1.82, 2.24) is 0 Å². The third kappa shape index (κ3) is 4.21. The summed E-state index contributed by atoms with van der Waals surface area (Å²) in [6.07, 6.45) is 1.38. The van der Waals surface area contributed by atoms with Gasteiger partial charge in [-0.25, -0.2) is 0 Å². The largest absolute Gasteiger partial charge is 0.385 e. The van der Waals surface area contributed by atoms with Crippen molar-refractivity contribution in [3.05, 3.63) is 65.7 Å². The molecule has 2 aromatic carbocycles. The molecule has 0 unspecified atom stereocenters. The van der Waals surface area contributed by atoms with Crippen LogP contribution in [0.2, 0.25) is 0 Å². The molecular weight excluding hydrogens is 248 g/mol.